The molecule has 1 aliphatic rings. The molecule has 1 aliphatic heterocycles. The number of benzene rings is 1. The zero-order valence-corrected chi connectivity index (χ0v) is 13.1. The Hall–Kier alpha value is -1.44. The number of hydrogen-bond acceptors (Lipinski definition) is 4. The van der Waals surface area contributed by atoms with Crippen LogP contribution >= 0.6 is 0 Å². The number of halogens is 2. The number of rotatable bonds is 3. The maximum Gasteiger partial charge on any atom is 0.491 e. The lowest BCUT2D eigenvalue weighted by molar-refractivity contribution is 0.00578. The van der Waals surface area contributed by atoms with Gasteiger partial charge in [-0.05, 0) is 50.9 Å². The molecular weight excluding hydrogens is 291 g/mol. The van der Waals surface area contributed by atoms with Gasteiger partial charge in [-0.25, -0.2) is 8.78 Å². The highest BCUT2D eigenvalue weighted by molar-refractivity contribution is 6.55. The van der Waals surface area contributed by atoms with Gasteiger partial charge in [-0.1, -0.05) is 6.08 Å². The van der Waals surface area contributed by atoms with E-state index < -0.39 is 35.7 Å². The molecule has 0 amide bonds. The van der Waals surface area contributed by atoms with Gasteiger partial charge in [0, 0.05) is 6.54 Å². The Kier molecular flexibility index (Phi) is 4.34. The molecule has 1 heterocycles. The Morgan fingerprint density at radius 2 is 1.64 bits per heavy atom. The molecule has 1 aromatic carbocycles. The minimum atomic E-state index is -1.03. The molecule has 2 rings (SSSR count). The number of hydrogen-bond donors (Lipinski definition) is 2. The van der Waals surface area contributed by atoms with Crippen LogP contribution in [0.5, 0.6) is 5.75 Å². The van der Waals surface area contributed by atoms with Crippen molar-refractivity contribution in [2.75, 3.05) is 6.54 Å². The van der Waals surface area contributed by atoms with E-state index in [0.29, 0.717) is 5.47 Å². The molecule has 0 radical (unpaired) electrons. The van der Waals surface area contributed by atoms with Crippen LogP contribution in [0.15, 0.2) is 17.6 Å². The first-order valence-electron chi connectivity index (χ1n) is 7.01. The summed E-state index contributed by atoms with van der Waals surface area (Å²) in [5, 5.41) is 9.13. The first-order valence-corrected chi connectivity index (χ1v) is 7.01. The number of phenolic OH excluding ortho intramolecular Hbond substituents is 1. The molecule has 0 saturated carbocycles. The molecule has 22 heavy (non-hydrogen) atoms. The molecule has 0 unspecified atom stereocenters. The molecule has 1 fully saturated rings. The van der Waals surface area contributed by atoms with E-state index in [-0.39, 0.29) is 12.1 Å². The van der Waals surface area contributed by atoms with Crippen molar-refractivity contribution in [3.05, 3.63) is 34.8 Å². The molecule has 120 valence electrons. The van der Waals surface area contributed by atoms with E-state index in [1.807, 2.05) is 27.7 Å². The van der Waals surface area contributed by atoms with E-state index in [0.717, 1.165) is 12.1 Å². The number of phenols is 1. The molecule has 3 N–H and O–H groups in total. The average molecular weight is 311 g/mol. The van der Waals surface area contributed by atoms with Gasteiger partial charge in [-0.2, -0.15) is 0 Å². The van der Waals surface area contributed by atoms with Gasteiger partial charge in [0.15, 0.2) is 17.4 Å². The average Bonchev–Trinajstić information content (AvgIpc) is 2.61. The van der Waals surface area contributed by atoms with Gasteiger partial charge in [0.1, 0.15) is 0 Å². The van der Waals surface area contributed by atoms with Crippen molar-refractivity contribution in [3.8, 4) is 5.75 Å². The zero-order chi connectivity index (χ0) is 16.7. The maximum absolute atomic E-state index is 13.4. The van der Waals surface area contributed by atoms with Gasteiger partial charge in [0.2, 0.25) is 0 Å². The Morgan fingerprint density at radius 1 is 1.18 bits per heavy atom. The summed E-state index contributed by atoms with van der Waals surface area (Å²) in [7, 11) is -0.685. The van der Waals surface area contributed by atoms with Crippen LogP contribution in [0.4, 0.5) is 8.78 Å². The van der Waals surface area contributed by atoms with Crippen molar-refractivity contribution in [3.63, 3.8) is 0 Å². The molecule has 7 heteroatoms. The lowest BCUT2D eigenvalue weighted by atomic mass is 9.77. The van der Waals surface area contributed by atoms with E-state index in [1.165, 1.54) is 6.08 Å². The zero-order valence-electron chi connectivity index (χ0n) is 13.1. The highest BCUT2D eigenvalue weighted by Gasteiger charge is 2.52. The Labute approximate surface area is 129 Å². The Balaban J connectivity index is 2.34. The molecule has 0 spiro atoms. The third kappa shape index (κ3) is 3.02. The van der Waals surface area contributed by atoms with Crippen molar-refractivity contribution < 1.29 is 23.2 Å². The summed E-state index contributed by atoms with van der Waals surface area (Å²) in [5.41, 5.74) is 5.45. The molecule has 0 aromatic heterocycles. The van der Waals surface area contributed by atoms with Crippen LogP contribution in [-0.4, -0.2) is 30.0 Å². The van der Waals surface area contributed by atoms with E-state index >= 15 is 0 Å². The predicted molar refractivity (Wildman–Crippen MR) is 81.1 cm³/mol. The van der Waals surface area contributed by atoms with Crippen LogP contribution in [0.1, 0.15) is 33.3 Å². The first-order chi connectivity index (χ1) is 10.1. The normalized spacial score (nSPS) is 20.5. The lowest BCUT2D eigenvalue weighted by Gasteiger charge is -2.32. The molecular formula is C15H20BF2NO3. The predicted octanol–water partition coefficient (Wildman–Crippen LogP) is 2.64. The van der Waals surface area contributed by atoms with Crippen LogP contribution in [0, 0.1) is 11.6 Å². The summed E-state index contributed by atoms with van der Waals surface area (Å²) >= 11 is 0. The van der Waals surface area contributed by atoms with Crippen molar-refractivity contribution in [2.45, 2.75) is 38.9 Å². The summed E-state index contributed by atoms with van der Waals surface area (Å²) in [4.78, 5) is 0. The largest absolute Gasteiger partial charge is 0.503 e. The summed E-state index contributed by atoms with van der Waals surface area (Å²) in [5.74, 6) is -3.06. The van der Waals surface area contributed by atoms with E-state index in [2.05, 4.69) is 0 Å². The van der Waals surface area contributed by atoms with Crippen molar-refractivity contribution in [1.29, 1.82) is 0 Å². The van der Waals surface area contributed by atoms with Gasteiger partial charge >= 0.3 is 7.12 Å². The second-order valence-electron chi connectivity index (χ2n) is 6.34. The lowest BCUT2D eigenvalue weighted by Crippen LogP contribution is -2.41. The molecule has 1 saturated heterocycles. The fourth-order valence-electron chi connectivity index (χ4n) is 2.10. The van der Waals surface area contributed by atoms with E-state index in [9.17, 15) is 8.78 Å². The fourth-order valence-corrected chi connectivity index (χ4v) is 2.10. The van der Waals surface area contributed by atoms with Crippen LogP contribution in [0.3, 0.4) is 0 Å². The van der Waals surface area contributed by atoms with E-state index in [1.54, 1.807) is 0 Å². The smallest absolute Gasteiger partial charge is 0.491 e. The van der Waals surface area contributed by atoms with E-state index in [4.69, 9.17) is 20.1 Å². The van der Waals surface area contributed by atoms with Crippen LogP contribution in [0.25, 0.3) is 6.08 Å². The molecule has 4 nitrogen and oxygen atoms in total. The monoisotopic (exact) mass is 311 g/mol. The minimum absolute atomic E-state index is 0.112. The van der Waals surface area contributed by atoms with Crippen LogP contribution in [0.2, 0.25) is 0 Å². The molecule has 0 atom stereocenters. The van der Waals surface area contributed by atoms with Crippen molar-refractivity contribution >= 4 is 13.2 Å². The number of aromatic hydroxyl groups is 1. The van der Waals surface area contributed by atoms with Gasteiger partial charge in [0.05, 0.1) is 11.2 Å². The third-order valence-electron chi connectivity index (χ3n) is 4.18. The number of nitrogens with two attached hydrogens (primary N) is 1. The minimum Gasteiger partial charge on any atom is -0.503 e. The third-order valence-corrected chi connectivity index (χ3v) is 4.18. The van der Waals surface area contributed by atoms with Crippen LogP contribution in [-0.2, 0) is 9.31 Å². The van der Waals surface area contributed by atoms with Gasteiger partial charge in [0.25, 0.3) is 0 Å². The Bertz CT molecular complexity index is 578. The highest BCUT2D eigenvalue weighted by atomic mass is 19.1. The molecule has 1 aromatic rings. The van der Waals surface area contributed by atoms with Gasteiger partial charge in [-0.3, -0.25) is 0 Å². The van der Waals surface area contributed by atoms with Gasteiger partial charge in [-0.15, -0.1) is 0 Å². The second kappa shape index (κ2) is 5.64. The SMILES string of the molecule is CC1(C)OB(C(=Cc2cc(F)c(O)c(F)c2)CN)OC1(C)C. The first kappa shape index (κ1) is 16.9. The van der Waals surface area contributed by atoms with Crippen LogP contribution < -0.4 is 5.73 Å². The van der Waals surface area contributed by atoms with Gasteiger partial charge < -0.3 is 20.1 Å². The second-order valence-corrected chi connectivity index (χ2v) is 6.34. The summed E-state index contributed by atoms with van der Waals surface area (Å²) in [6, 6.07) is 2.05. The molecule has 0 aliphatic carbocycles. The summed E-state index contributed by atoms with van der Waals surface area (Å²) in [6.45, 7) is 7.73. The summed E-state index contributed by atoms with van der Waals surface area (Å²) in [6.07, 6.45) is 1.51. The Morgan fingerprint density at radius 3 is 2.05 bits per heavy atom. The maximum atomic E-state index is 13.4. The quantitative estimate of drug-likeness (QED) is 0.842. The summed E-state index contributed by atoms with van der Waals surface area (Å²) < 4.78 is 38.5. The van der Waals surface area contributed by atoms with Crippen molar-refractivity contribution in [2.24, 2.45) is 5.73 Å². The topological polar surface area (TPSA) is 64.7 Å². The highest BCUT2D eigenvalue weighted by Crippen LogP contribution is 2.38. The standard InChI is InChI=1S/C15H20BF2NO3/c1-14(2)15(3,4)22-16(21-14)10(8-19)5-9-6-11(17)13(20)12(18)7-9/h5-7,20H,8,19H2,1-4H3. The van der Waals surface area contributed by atoms with Crippen molar-refractivity contribution in [1.82, 2.24) is 0 Å². The fraction of sp³-hybridized carbons (Fsp3) is 0.467. The molecule has 0 bridgehead atoms.